The number of hydrogen-bond acceptors (Lipinski definition) is 4. The lowest BCUT2D eigenvalue weighted by atomic mass is 9.99. The largest absolute Gasteiger partial charge is 0.438 e. The van der Waals surface area contributed by atoms with Crippen molar-refractivity contribution in [2.45, 2.75) is 25.6 Å². The molecule has 0 aliphatic carbocycles. The molecule has 3 aromatic carbocycles. The van der Waals surface area contributed by atoms with Crippen molar-refractivity contribution in [3.63, 3.8) is 0 Å². The predicted molar refractivity (Wildman–Crippen MR) is 134 cm³/mol. The van der Waals surface area contributed by atoms with Crippen molar-refractivity contribution in [1.82, 2.24) is 9.80 Å². The number of likely N-dealkylation sites (N-methyl/N-ethyl adjacent to an activating group) is 1. The van der Waals surface area contributed by atoms with Gasteiger partial charge in [0.1, 0.15) is 5.82 Å². The molecule has 0 saturated carbocycles. The number of nitrogens with zero attached hydrogens (tertiary/aromatic N) is 2. The molecule has 0 spiro atoms. The minimum atomic E-state index is -0.913. The molecule has 3 amide bonds. The number of rotatable bonds is 7. The maximum absolute atomic E-state index is 13.4. The van der Waals surface area contributed by atoms with Gasteiger partial charge in [-0.15, -0.1) is 0 Å². The topological polar surface area (TPSA) is 79.0 Å². The number of halogens is 2. The molecule has 1 saturated heterocycles. The summed E-state index contributed by atoms with van der Waals surface area (Å²) in [6.45, 7) is 2.44. The average molecular weight is 510 g/mol. The molecule has 9 heteroatoms. The summed E-state index contributed by atoms with van der Waals surface area (Å²) in [4.78, 5) is 41.8. The first-order valence-electron chi connectivity index (χ1n) is 11.4. The Bertz CT molecular complexity index is 1280. The van der Waals surface area contributed by atoms with Crippen molar-refractivity contribution >= 4 is 35.2 Å². The van der Waals surface area contributed by atoms with Gasteiger partial charge < -0.3 is 15.0 Å². The Hall–Kier alpha value is -3.91. The zero-order valence-corrected chi connectivity index (χ0v) is 20.5. The molecule has 0 bridgehead atoms. The molecule has 2 atom stereocenters. The summed E-state index contributed by atoms with van der Waals surface area (Å²) in [5.41, 5.74) is 2.05. The van der Waals surface area contributed by atoms with Gasteiger partial charge in [-0.2, -0.15) is 0 Å². The summed E-state index contributed by atoms with van der Waals surface area (Å²) in [6.07, 6.45) is -1.51. The highest BCUT2D eigenvalue weighted by molar-refractivity contribution is 6.30. The number of amides is 3. The number of nitrogens with one attached hydrogen (secondary N) is 1. The zero-order chi connectivity index (χ0) is 25.8. The van der Waals surface area contributed by atoms with Gasteiger partial charge in [0.2, 0.25) is 5.91 Å². The molecule has 3 aromatic rings. The number of ether oxygens (including phenoxy) is 1. The minimum Gasteiger partial charge on any atom is -0.438 e. The van der Waals surface area contributed by atoms with Crippen LogP contribution in [0.1, 0.15) is 34.5 Å². The van der Waals surface area contributed by atoms with E-state index in [1.165, 1.54) is 34.1 Å². The van der Waals surface area contributed by atoms with E-state index < -0.39 is 30.0 Å². The Kier molecular flexibility index (Phi) is 7.55. The smallest absolute Gasteiger partial charge is 0.411 e. The van der Waals surface area contributed by atoms with Gasteiger partial charge in [-0.1, -0.05) is 35.9 Å². The van der Waals surface area contributed by atoms with Crippen LogP contribution in [0.4, 0.5) is 14.9 Å². The van der Waals surface area contributed by atoms with Crippen LogP contribution in [-0.2, 0) is 16.1 Å². The summed E-state index contributed by atoms with van der Waals surface area (Å²) in [7, 11) is 1.67. The van der Waals surface area contributed by atoms with Crippen LogP contribution in [0, 0.1) is 5.82 Å². The molecule has 1 N–H and O–H groups in total. The molecule has 36 heavy (non-hydrogen) atoms. The number of hydrogen-bond donors (Lipinski definition) is 1. The fraction of sp³-hybridized carbons (Fsp3) is 0.222. The molecule has 0 aromatic heterocycles. The normalized spacial score (nSPS) is 17.0. The number of carbonyl (C=O) groups excluding carboxylic acids is 3. The fourth-order valence-electron chi connectivity index (χ4n) is 4.01. The first-order chi connectivity index (χ1) is 17.3. The first-order valence-corrected chi connectivity index (χ1v) is 11.8. The molecule has 1 aliphatic rings. The van der Waals surface area contributed by atoms with Gasteiger partial charge in [-0.25, -0.2) is 9.18 Å². The minimum absolute atomic E-state index is 0.144. The van der Waals surface area contributed by atoms with Gasteiger partial charge in [0, 0.05) is 29.9 Å². The van der Waals surface area contributed by atoms with Gasteiger partial charge in [0.05, 0.1) is 6.54 Å². The van der Waals surface area contributed by atoms with Crippen molar-refractivity contribution in [3.8, 4) is 0 Å². The lowest BCUT2D eigenvalue weighted by Gasteiger charge is -2.28. The van der Waals surface area contributed by atoms with Crippen molar-refractivity contribution in [2.75, 3.05) is 18.9 Å². The second kappa shape index (κ2) is 10.8. The second-order valence-electron chi connectivity index (χ2n) is 8.45. The molecule has 186 valence electrons. The Labute approximate surface area is 213 Å². The van der Waals surface area contributed by atoms with E-state index in [0.29, 0.717) is 28.4 Å². The second-order valence-corrected chi connectivity index (χ2v) is 8.88. The maximum atomic E-state index is 13.4. The third kappa shape index (κ3) is 5.49. The first kappa shape index (κ1) is 25.2. The van der Waals surface area contributed by atoms with Crippen LogP contribution in [-0.4, -0.2) is 47.3 Å². The quantitative estimate of drug-likeness (QED) is 0.470. The van der Waals surface area contributed by atoms with Gasteiger partial charge in [0.25, 0.3) is 5.91 Å². The lowest BCUT2D eigenvalue weighted by molar-refractivity contribution is -0.135. The lowest BCUT2D eigenvalue weighted by Crippen LogP contribution is -2.46. The highest BCUT2D eigenvalue weighted by Crippen LogP contribution is 2.36. The van der Waals surface area contributed by atoms with E-state index in [2.05, 4.69) is 5.32 Å². The third-order valence-corrected chi connectivity index (χ3v) is 6.24. The summed E-state index contributed by atoms with van der Waals surface area (Å²) in [6, 6.07) is 18.1. The average Bonchev–Trinajstić information content (AvgIpc) is 3.19. The van der Waals surface area contributed by atoms with Crippen molar-refractivity contribution in [2.24, 2.45) is 0 Å². The van der Waals surface area contributed by atoms with E-state index in [9.17, 15) is 18.8 Å². The third-order valence-electron chi connectivity index (χ3n) is 6.01. The Morgan fingerprint density at radius 1 is 1.08 bits per heavy atom. The van der Waals surface area contributed by atoms with Gasteiger partial charge in [-0.05, 0) is 66.6 Å². The highest BCUT2D eigenvalue weighted by atomic mass is 35.5. The summed E-state index contributed by atoms with van der Waals surface area (Å²) in [5.74, 6) is -1.13. The predicted octanol–water partition coefficient (Wildman–Crippen LogP) is 5.27. The van der Waals surface area contributed by atoms with E-state index in [0.717, 1.165) is 5.56 Å². The fourth-order valence-corrected chi connectivity index (χ4v) is 4.22. The van der Waals surface area contributed by atoms with Crippen LogP contribution < -0.4 is 5.32 Å². The molecule has 4 rings (SSSR count). The summed E-state index contributed by atoms with van der Waals surface area (Å²) in [5, 5.41) is 3.29. The molecule has 1 aliphatic heterocycles. The summed E-state index contributed by atoms with van der Waals surface area (Å²) >= 11 is 6.11. The monoisotopic (exact) mass is 509 g/mol. The molecular weight excluding hydrogens is 485 g/mol. The van der Waals surface area contributed by atoms with Crippen molar-refractivity contribution < 1.29 is 23.5 Å². The van der Waals surface area contributed by atoms with E-state index in [4.69, 9.17) is 16.3 Å². The molecule has 7 nitrogen and oxygen atoms in total. The molecule has 1 fully saturated rings. The summed E-state index contributed by atoms with van der Waals surface area (Å²) < 4.78 is 18.9. The van der Waals surface area contributed by atoms with Gasteiger partial charge in [0.15, 0.2) is 12.1 Å². The van der Waals surface area contributed by atoms with E-state index in [-0.39, 0.29) is 12.5 Å². The Morgan fingerprint density at radius 2 is 1.81 bits per heavy atom. The van der Waals surface area contributed by atoms with Crippen molar-refractivity contribution in [3.05, 3.63) is 100 Å². The Morgan fingerprint density at radius 3 is 2.50 bits per heavy atom. The van der Waals surface area contributed by atoms with E-state index >= 15 is 0 Å². The zero-order valence-electron chi connectivity index (χ0n) is 19.8. The van der Waals surface area contributed by atoms with Crippen molar-refractivity contribution in [1.29, 1.82) is 0 Å². The number of benzene rings is 3. The van der Waals surface area contributed by atoms with E-state index in [1.54, 1.807) is 49.5 Å². The maximum Gasteiger partial charge on any atom is 0.411 e. The van der Waals surface area contributed by atoms with Crippen LogP contribution in [0.2, 0.25) is 5.02 Å². The number of anilines is 1. The van der Waals surface area contributed by atoms with E-state index in [1.807, 2.05) is 13.0 Å². The number of carbonyl (C=O) groups is 3. The number of cyclic esters (lactones) is 1. The van der Waals surface area contributed by atoms with Gasteiger partial charge in [-0.3, -0.25) is 14.5 Å². The van der Waals surface area contributed by atoms with Crippen LogP contribution >= 0.6 is 11.6 Å². The SMILES string of the molecule is CCN(C)C(=O)C1C(c2cccc(NC(=O)c3ccc(F)cc3)c2)OC(=O)N1Cc1cccc(Cl)c1. The molecule has 0 radical (unpaired) electrons. The Balaban J connectivity index is 1.62. The molecule has 2 unspecified atom stereocenters. The highest BCUT2D eigenvalue weighted by Gasteiger charge is 2.47. The van der Waals surface area contributed by atoms with Crippen LogP contribution in [0.5, 0.6) is 0 Å². The molecule has 1 heterocycles. The van der Waals surface area contributed by atoms with Gasteiger partial charge >= 0.3 is 6.09 Å². The standard InChI is InChI=1S/C27H25ClFN3O4/c1-3-31(2)26(34)23-24(36-27(35)32(23)16-17-6-4-8-20(28)14-17)19-7-5-9-22(15-19)30-25(33)18-10-12-21(29)13-11-18/h4-15,23-24H,3,16H2,1-2H3,(H,30,33). The van der Waals surface area contributed by atoms with Crippen LogP contribution in [0.25, 0.3) is 0 Å². The molecular formula is C27H25ClFN3O4. The van der Waals surface area contributed by atoms with Crippen LogP contribution in [0.3, 0.4) is 0 Å². The van der Waals surface area contributed by atoms with Crippen LogP contribution in [0.15, 0.2) is 72.8 Å².